The number of amides is 1. The third-order valence-electron chi connectivity index (χ3n) is 4.32. The predicted molar refractivity (Wildman–Crippen MR) is 98.4 cm³/mol. The first kappa shape index (κ1) is 16.5. The highest BCUT2D eigenvalue weighted by Crippen LogP contribution is 2.29. The van der Waals surface area contributed by atoms with E-state index in [-0.39, 0.29) is 23.0 Å². The number of nitrogens with zero attached hydrogens (tertiary/aromatic N) is 2. The van der Waals surface area contributed by atoms with Crippen molar-refractivity contribution in [3.05, 3.63) is 53.2 Å². The molecule has 7 nitrogen and oxygen atoms in total. The molecule has 132 valence electrons. The summed E-state index contributed by atoms with van der Waals surface area (Å²) in [5, 5.41) is 6.81. The van der Waals surface area contributed by atoms with E-state index in [0.717, 1.165) is 10.9 Å². The standard InChI is InChI=1S/C18H16N4O3S/c23-15(19-10-11-4-3-9-25-11)8-7-14-17(24)22-16(20-14)12-5-1-2-6-13(12)21-18(22)26/h1-6,9,14,20H,7-8,10H2,(H,19,23)/t14-/m0/s1. The van der Waals surface area contributed by atoms with Gasteiger partial charge in [-0.25, -0.2) is 9.55 Å². The molecule has 0 aliphatic carbocycles. The third kappa shape index (κ3) is 2.99. The molecule has 0 spiro atoms. The Labute approximate surface area is 154 Å². The van der Waals surface area contributed by atoms with Gasteiger partial charge in [0.1, 0.15) is 17.6 Å². The molecule has 0 radical (unpaired) electrons. The molecule has 3 aromatic rings. The smallest absolute Gasteiger partial charge is 0.257 e. The van der Waals surface area contributed by atoms with E-state index >= 15 is 0 Å². The number of hydrogen-bond donors (Lipinski definition) is 2. The maximum absolute atomic E-state index is 12.7. The monoisotopic (exact) mass is 368 g/mol. The SMILES string of the molecule is O=C(CC[C@@H]1Nc2c3ccccc3nc(=S)n2C1=O)NCc1ccco1. The van der Waals surface area contributed by atoms with E-state index in [0.29, 0.717) is 24.5 Å². The van der Waals surface area contributed by atoms with E-state index < -0.39 is 6.04 Å². The summed E-state index contributed by atoms with van der Waals surface area (Å²) < 4.78 is 6.82. The molecule has 3 heterocycles. The topological polar surface area (TPSA) is 89.2 Å². The molecule has 0 unspecified atom stereocenters. The molecule has 1 amide bonds. The number of anilines is 1. The van der Waals surface area contributed by atoms with Gasteiger partial charge in [0.25, 0.3) is 5.91 Å². The summed E-state index contributed by atoms with van der Waals surface area (Å²) in [5.74, 6) is 1.01. The van der Waals surface area contributed by atoms with Crippen molar-refractivity contribution in [1.29, 1.82) is 0 Å². The Balaban J connectivity index is 1.45. The summed E-state index contributed by atoms with van der Waals surface area (Å²) in [6.07, 6.45) is 2.15. The fourth-order valence-electron chi connectivity index (χ4n) is 3.03. The first-order chi connectivity index (χ1) is 12.6. The molecule has 8 heteroatoms. The second-order valence-corrected chi connectivity index (χ2v) is 6.39. The van der Waals surface area contributed by atoms with E-state index in [4.69, 9.17) is 16.6 Å². The van der Waals surface area contributed by atoms with Gasteiger partial charge in [-0.2, -0.15) is 0 Å². The Kier molecular flexibility index (Phi) is 4.26. The minimum absolute atomic E-state index is 0.140. The van der Waals surface area contributed by atoms with Crippen molar-refractivity contribution in [2.24, 2.45) is 0 Å². The van der Waals surface area contributed by atoms with Gasteiger partial charge in [-0.1, -0.05) is 12.1 Å². The molecule has 0 saturated heterocycles. The number of benzene rings is 1. The van der Waals surface area contributed by atoms with Crippen LogP contribution in [-0.2, 0) is 11.3 Å². The molecule has 0 saturated carbocycles. The quantitative estimate of drug-likeness (QED) is 0.673. The maximum Gasteiger partial charge on any atom is 0.257 e. The highest BCUT2D eigenvalue weighted by atomic mass is 32.1. The number of nitrogens with one attached hydrogen (secondary N) is 2. The van der Waals surface area contributed by atoms with Crippen LogP contribution in [0.5, 0.6) is 0 Å². The van der Waals surface area contributed by atoms with Crippen molar-refractivity contribution in [2.75, 3.05) is 5.32 Å². The first-order valence-corrected chi connectivity index (χ1v) is 8.66. The van der Waals surface area contributed by atoms with Gasteiger partial charge < -0.3 is 15.1 Å². The molecule has 4 rings (SSSR count). The molecular formula is C18H16N4O3S. The number of hydrogen-bond acceptors (Lipinski definition) is 6. The molecule has 1 atom stereocenters. The third-order valence-corrected chi connectivity index (χ3v) is 4.59. The summed E-state index contributed by atoms with van der Waals surface area (Å²) in [4.78, 5) is 29.0. The van der Waals surface area contributed by atoms with Crippen molar-refractivity contribution in [3.8, 4) is 0 Å². The minimum Gasteiger partial charge on any atom is -0.467 e. The zero-order valence-corrected chi connectivity index (χ0v) is 14.6. The predicted octanol–water partition coefficient (Wildman–Crippen LogP) is 2.89. The van der Waals surface area contributed by atoms with Gasteiger partial charge in [0.05, 0.1) is 18.3 Å². The van der Waals surface area contributed by atoms with Gasteiger partial charge in [-0.15, -0.1) is 0 Å². The van der Waals surface area contributed by atoms with E-state index in [1.165, 1.54) is 4.57 Å². The van der Waals surface area contributed by atoms with Crippen LogP contribution in [0.4, 0.5) is 5.82 Å². The average molecular weight is 368 g/mol. The number of furan rings is 1. The van der Waals surface area contributed by atoms with Gasteiger partial charge >= 0.3 is 0 Å². The second-order valence-electron chi connectivity index (χ2n) is 6.03. The number of carbonyl (C=O) groups excluding carboxylic acids is 2. The number of para-hydroxylation sites is 1. The lowest BCUT2D eigenvalue weighted by molar-refractivity contribution is -0.121. The van der Waals surface area contributed by atoms with E-state index in [1.807, 2.05) is 24.3 Å². The van der Waals surface area contributed by atoms with Gasteiger partial charge in [0.15, 0.2) is 0 Å². The van der Waals surface area contributed by atoms with Crippen LogP contribution in [0.2, 0.25) is 0 Å². The van der Waals surface area contributed by atoms with Crippen LogP contribution in [0.1, 0.15) is 23.4 Å². The molecule has 26 heavy (non-hydrogen) atoms. The number of rotatable bonds is 5. The normalized spacial score (nSPS) is 15.7. The van der Waals surface area contributed by atoms with Crippen LogP contribution < -0.4 is 10.6 Å². The van der Waals surface area contributed by atoms with Crippen LogP contribution in [0.15, 0.2) is 47.1 Å². The van der Waals surface area contributed by atoms with Crippen molar-refractivity contribution >= 4 is 40.8 Å². The van der Waals surface area contributed by atoms with Gasteiger partial charge in [-0.3, -0.25) is 9.59 Å². The van der Waals surface area contributed by atoms with Crippen molar-refractivity contribution in [1.82, 2.24) is 14.9 Å². The maximum atomic E-state index is 12.7. The van der Waals surface area contributed by atoms with E-state index in [9.17, 15) is 9.59 Å². The van der Waals surface area contributed by atoms with E-state index in [2.05, 4.69) is 15.6 Å². The van der Waals surface area contributed by atoms with Crippen molar-refractivity contribution in [2.45, 2.75) is 25.4 Å². The summed E-state index contributed by atoms with van der Waals surface area (Å²) in [6.45, 7) is 0.331. The summed E-state index contributed by atoms with van der Waals surface area (Å²) in [6, 6.07) is 10.6. The van der Waals surface area contributed by atoms with Crippen LogP contribution >= 0.6 is 12.2 Å². The Morgan fingerprint density at radius 1 is 1.31 bits per heavy atom. The molecular weight excluding hydrogens is 352 g/mol. The Hall–Kier alpha value is -3.00. The molecule has 0 fully saturated rings. The molecule has 1 aliphatic heterocycles. The average Bonchev–Trinajstić information content (AvgIpc) is 3.27. The second kappa shape index (κ2) is 6.72. The number of fused-ring (bicyclic) bond motifs is 3. The largest absolute Gasteiger partial charge is 0.467 e. The summed E-state index contributed by atoms with van der Waals surface area (Å²) >= 11 is 5.26. The fraction of sp³-hybridized carbons (Fsp3) is 0.222. The van der Waals surface area contributed by atoms with Gasteiger partial charge in [0, 0.05) is 11.8 Å². The van der Waals surface area contributed by atoms with Gasteiger partial charge in [-0.05, 0) is 42.9 Å². The molecule has 1 aromatic carbocycles. The lowest BCUT2D eigenvalue weighted by Gasteiger charge is -2.09. The zero-order valence-electron chi connectivity index (χ0n) is 13.8. The van der Waals surface area contributed by atoms with Crippen LogP contribution in [0.25, 0.3) is 10.9 Å². The number of aromatic nitrogens is 2. The van der Waals surface area contributed by atoms with Crippen molar-refractivity contribution in [3.63, 3.8) is 0 Å². The Bertz CT molecular complexity index is 1040. The number of carbonyl (C=O) groups is 2. The van der Waals surface area contributed by atoms with Crippen LogP contribution in [0, 0.1) is 4.77 Å². The Morgan fingerprint density at radius 2 is 2.15 bits per heavy atom. The fourth-order valence-corrected chi connectivity index (χ4v) is 3.31. The summed E-state index contributed by atoms with van der Waals surface area (Å²) in [7, 11) is 0. The Morgan fingerprint density at radius 3 is 2.96 bits per heavy atom. The minimum atomic E-state index is -0.501. The highest BCUT2D eigenvalue weighted by Gasteiger charge is 2.31. The van der Waals surface area contributed by atoms with Crippen molar-refractivity contribution < 1.29 is 14.0 Å². The highest BCUT2D eigenvalue weighted by molar-refractivity contribution is 7.71. The zero-order chi connectivity index (χ0) is 18.1. The molecule has 2 aromatic heterocycles. The van der Waals surface area contributed by atoms with Gasteiger partial charge in [0.2, 0.25) is 10.7 Å². The molecule has 2 N–H and O–H groups in total. The molecule has 0 bridgehead atoms. The first-order valence-electron chi connectivity index (χ1n) is 8.25. The van der Waals surface area contributed by atoms with Crippen LogP contribution in [0.3, 0.4) is 0 Å². The lowest BCUT2D eigenvalue weighted by Crippen LogP contribution is -2.29. The molecule has 1 aliphatic rings. The lowest BCUT2D eigenvalue weighted by atomic mass is 10.1. The van der Waals surface area contributed by atoms with Crippen LogP contribution in [-0.4, -0.2) is 27.4 Å². The van der Waals surface area contributed by atoms with E-state index in [1.54, 1.807) is 18.4 Å². The summed E-state index contributed by atoms with van der Waals surface area (Å²) in [5.41, 5.74) is 0.737.